The molecule has 2 aromatic carbocycles. The van der Waals surface area contributed by atoms with Crippen molar-refractivity contribution in [3.63, 3.8) is 0 Å². The van der Waals surface area contributed by atoms with Gasteiger partial charge in [0.1, 0.15) is 5.75 Å². The molecule has 1 atom stereocenters. The smallest absolute Gasteiger partial charge is 0.253 e. The second-order valence-corrected chi connectivity index (χ2v) is 7.44. The average molecular weight is 391 g/mol. The van der Waals surface area contributed by atoms with Crippen LogP contribution in [0.15, 0.2) is 59.7 Å². The Hall–Kier alpha value is -3.15. The first-order chi connectivity index (χ1) is 14.2. The highest BCUT2D eigenvalue weighted by Crippen LogP contribution is 2.31. The minimum atomic E-state index is -0.101. The van der Waals surface area contributed by atoms with Gasteiger partial charge in [0, 0.05) is 37.2 Å². The number of carbonyl (C=O) groups excluding carboxylic acids is 2. The zero-order chi connectivity index (χ0) is 20.2. The van der Waals surface area contributed by atoms with E-state index >= 15 is 0 Å². The van der Waals surface area contributed by atoms with Gasteiger partial charge in [-0.1, -0.05) is 30.3 Å². The molecule has 0 N–H and O–H groups in total. The van der Waals surface area contributed by atoms with Gasteiger partial charge in [-0.3, -0.25) is 9.59 Å². The molecular formula is C23H25N3O3. The van der Waals surface area contributed by atoms with Crippen LogP contribution in [-0.2, 0) is 4.79 Å². The van der Waals surface area contributed by atoms with Gasteiger partial charge in [0.2, 0.25) is 5.91 Å². The second-order valence-electron chi connectivity index (χ2n) is 7.44. The molecule has 0 aromatic heterocycles. The van der Waals surface area contributed by atoms with Gasteiger partial charge < -0.3 is 9.64 Å². The van der Waals surface area contributed by atoms with Crippen LogP contribution in [0, 0.1) is 5.92 Å². The predicted octanol–water partition coefficient (Wildman–Crippen LogP) is 3.51. The van der Waals surface area contributed by atoms with Crippen molar-refractivity contribution < 1.29 is 14.3 Å². The lowest BCUT2D eigenvalue weighted by molar-refractivity contribution is -0.138. The van der Waals surface area contributed by atoms with Crippen LogP contribution in [0.3, 0.4) is 0 Å². The highest BCUT2D eigenvalue weighted by molar-refractivity contribution is 5.94. The molecule has 6 nitrogen and oxygen atoms in total. The molecule has 2 amide bonds. The third kappa shape index (κ3) is 4.01. The first-order valence-corrected chi connectivity index (χ1v) is 10.0. The van der Waals surface area contributed by atoms with E-state index in [1.54, 1.807) is 36.4 Å². The molecule has 2 aliphatic rings. The molecule has 0 spiro atoms. The first kappa shape index (κ1) is 19.2. The Kier molecular flexibility index (Phi) is 5.60. The van der Waals surface area contributed by atoms with Gasteiger partial charge in [-0.15, -0.1) is 0 Å². The van der Waals surface area contributed by atoms with Gasteiger partial charge >= 0.3 is 0 Å². The number of carbonyl (C=O) groups is 2. The Labute approximate surface area is 170 Å². The first-order valence-electron chi connectivity index (χ1n) is 10.0. The fourth-order valence-electron chi connectivity index (χ4n) is 4.01. The van der Waals surface area contributed by atoms with Crippen molar-refractivity contribution in [3.8, 4) is 5.75 Å². The van der Waals surface area contributed by atoms with Crippen LogP contribution in [0.1, 0.15) is 41.2 Å². The summed E-state index contributed by atoms with van der Waals surface area (Å²) in [7, 11) is 1.60. The summed E-state index contributed by atoms with van der Waals surface area (Å²) in [5.41, 5.74) is 1.74. The second kappa shape index (κ2) is 8.47. The molecule has 150 valence electrons. The molecule has 1 unspecified atom stereocenters. The van der Waals surface area contributed by atoms with Crippen LogP contribution in [0.5, 0.6) is 5.75 Å². The monoisotopic (exact) mass is 391 g/mol. The quantitative estimate of drug-likeness (QED) is 0.801. The zero-order valence-electron chi connectivity index (χ0n) is 16.5. The third-order valence-corrected chi connectivity index (χ3v) is 5.71. The Balaban J connectivity index is 1.37. The van der Waals surface area contributed by atoms with Gasteiger partial charge in [0.05, 0.1) is 13.2 Å². The molecule has 2 aliphatic heterocycles. The van der Waals surface area contributed by atoms with Crippen molar-refractivity contribution in [3.05, 3.63) is 65.7 Å². The minimum absolute atomic E-state index is 0.0000857. The van der Waals surface area contributed by atoms with E-state index in [1.807, 2.05) is 41.4 Å². The van der Waals surface area contributed by atoms with Crippen LogP contribution in [0.25, 0.3) is 0 Å². The molecule has 2 aromatic rings. The highest BCUT2D eigenvalue weighted by Gasteiger charge is 2.35. The SMILES string of the molecule is COc1ccc(C(=O)N2CCC(C(=O)N3N=CCC3c3ccccc3)CC2)cc1. The number of amides is 2. The van der Waals surface area contributed by atoms with Crippen LogP contribution in [0.4, 0.5) is 0 Å². The maximum absolute atomic E-state index is 13.1. The summed E-state index contributed by atoms with van der Waals surface area (Å²) in [5, 5.41) is 5.99. The number of piperidine rings is 1. The topological polar surface area (TPSA) is 62.2 Å². The standard InChI is InChI=1S/C23H25N3O3/c1-29-20-9-7-18(8-10-20)22(27)25-15-12-19(13-16-25)23(28)26-21(11-14-24-26)17-5-3-2-4-6-17/h2-10,14,19,21H,11-13,15-16H2,1H3. The minimum Gasteiger partial charge on any atom is -0.497 e. The van der Waals surface area contributed by atoms with Crippen molar-refractivity contribution in [2.45, 2.75) is 25.3 Å². The van der Waals surface area contributed by atoms with Crippen molar-refractivity contribution in [1.29, 1.82) is 0 Å². The molecule has 2 heterocycles. The van der Waals surface area contributed by atoms with E-state index in [-0.39, 0.29) is 23.8 Å². The van der Waals surface area contributed by atoms with Crippen molar-refractivity contribution in [1.82, 2.24) is 9.91 Å². The van der Waals surface area contributed by atoms with Gasteiger partial charge in [-0.05, 0) is 42.7 Å². The average Bonchev–Trinajstić information content (AvgIpc) is 3.29. The maximum atomic E-state index is 13.1. The molecule has 1 fully saturated rings. The number of rotatable bonds is 4. The summed E-state index contributed by atoms with van der Waals surface area (Å²) in [6, 6.07) is 17.1. The molecule has 0 radical (unpaired) electrons. The molecule has 6 heteroatoms. The van der Waals surface area contributed by atoms with E-state index in [1.165, 1.54) is 0 Å². The number of hydrazone groups is 1. The molecule has 4 rings (SSSR count). The van der Waals surface area contributed by atoms with E-state index in [0.29, 0.717) is 31.5 Å². The number of ether oxygens (including phenoxy) is 1. The van der Waals surface area contributed by atoms with Crippen LogP contribution in [0.2, 0.25) is 0 Å². The van der Waals surface area contributed by atoms with Crippen molar-refractivity contribution in [2.24, 2.45) is 11.0 Å². The Bertz CT molecular complexity index is 887. The molecule has 1 saturated heterocycles. The normalized spacial score (nSPS) is 19.4. The summed E-state index contributed by atoms with van der Waals surface area (Å²) in [6.07, 6.45) is 3.88. The van der Waals surface area contributed by atoms with Crippen LogP contribution in [-0.4, -0.2) is 48.1 Å². The summed E-state index contributed by atoms with van der Waals surface area (Å²) < 4.78 is 5.15. The third-order valence-electron chi connectivity index (χ3n) is 5.71. The number of nitrogens with zero attached hydrogens (tertiary/aromatic N) is 3. The highest BCUT2D eigenvalue weighted by atomic mass is 16.5. The maximum Gasteiger partial charge on any atom is 0.253 e. The van der Waals surface area contributed by atoms with Gasteiger partial charge in [-0.2, -0.15) is 5.10 Å². The lowest BCUT2D eigenvalue weighted by Crippen LogP contribution is -2.43. The summed E-state index contributed by atoms with van der Waals surface area (Å²) >= 11 is 0. The van der Waals surface area contributed by atoms with Gasteiger partial charge in [-0.25, -0.2) is 5.01 Å². The summed E-state index contributed by atoms with van der Waals surface area (Å²) in [6.45, 7) is 1.16. The van der Waals surface area contributed by atoms with Crippen molar-refractivity contribution in [2.75, 3.05) is 20.2 Å². The van der Waals surface area contributed by atoms with Crippen LogP contribution < -0.4 is 4.74 Å². The number of methoxy groups -OCH3 is 1. The fourth-order valence-corrected chi connectivity index (χ4v) is 4.01. The molecule has 0 saturated carbocycles. The molecule has 0 bridgehead atoms. The van der Waals surface area contributed by atoms with E-state index in [9.17, 15) is 9.59 Å². The fraction of sp³-hybridized carbons (Fsp3) is 0.348. The largest absolute Gasteiger partial charge is 0.497 e. The molecule has 29 heavy (non-hydrogen) atoms. The summed E-state index contributed by atoms with van der Waals surface area (Å²) in [5.74, 6) is 0.686. The molecular weight excluding hydrogens is 366 g/mol. The Morgan fingerprint density at radius 1 is 1.00 bits per heavy atom. The summed E-state index contributed by atoms with van der Waals surface area (Å²) in [4.78, 5) is 27.7. The Morgan fingerprint density at radius 2 is 1.69 bits per heavy atom. The predicted molar refractivity (Wildman–Crippen MR) is 111 cm³/mol. The van der Waals surface area contributed by atoms with E-state index < -0.39 is 0 Å². The van der Waals surface area contributed by atoms with Gasteiger partial charge in [0.25, 0.3) is 5.91 Å². The Morgan fingerprint density at radius 3 is 2.34 bits per heavy atom. The molecule has 0 aliphatic carbocycles. The number of likely N-dealkylation sites (tertiary alicyclic amines) is 1. The van der Waals surface area contributed by atoms with Gasteiger partial charge in [0.15, 0.2) is 0 Å². The van der Waals surface area contributed by atoms with Crippen LogP contribution >= 0.6 is 0 Å². The lowest BCUT2D eigenvalue weighted by Gasteiger charge is -2.34. The number of hydrogen-bond acceptors (Lipinski definition) is 4. The van der Waals surface area contributed by atoms with E-state index in [4.69, 9.17) is 4.74 Å². The van der Waals surface area contributed by atoms with Crippen molar-refractivity contribution >= 4 is 18.0 Å². The van der Waals surface area contributed by atoms with E-state index in [2.05, 4.69) is 5.10 Å². The van der Waals surface area contributed by atoms with E-state index in [0.717, 1.165) is 17.7 Å². The number of benzene rings is 2. The zero-order valence-corrected chi connectivity index (χ0v) is 16.5. The number of hydrogen-bond donors (Lipinski definition) is 0. The lowest BCUT2D eigenvalue weighted by atomic mass is 9.94.